The molecular weight excluding hydrogens is 212 g/mol. The molecule has 2 nitrogen and oxygen atoms in total. The van der Waals surface area contributed by atoms with E-state index in [0.717, 1.165) is 19.3 Å². The van der Waals surface area contributed by atoms with Gasteiger partial charge in [0.25, 0.3) is 0 Å². The van der Waals surface area contributed by atoms with Crippen molar-refractivity contribution in [1.29, 1.82) is 0 Å². The summed E-state index contributed by atoms with van der Waals surface area (Å²) in [6, 6.07) is 7.29. The molecule has 92 valence electrons. The van der Waals surface area contributed by atoms with Crippen LogP contribution in [0.5, 0.6) is 5.75 Å². The van der Waals surface area contributed by atoms with E-state index in [9.17, 15) is 10.2 Å². The Kier molecular flexibility index (Phi) is 3.25. The summed E-state index contributed by atoms with van der Waals surface area (Å²) in [6.45, 7) is 4.39. The molecule has 0 fully saturated rings. The molecule has 1 aliphatic rings. The molecule has 1 aromatic carbocycles. The number of aromatic hydroxyl groups is 1. The van der Waals surface area contributed by atoms with Gasteiger partial charge in [0, 0.05) is 0 Å². The fraction of sp³-hybridized carbons (Fsp3) is 0.467. The third kappa shape index (κ3) is 3.34. The van der Waals surface area contributed by atoms with Gasteiger partial charge in [-0.3, -0.25) is 0 Å². The van der Waals surface area contributed by atoms with Crippen LogP contribution in [0.15, 0.2) is 35.9 Å². The van der Waals surface area contributed by atoms with E-state index in [0.29, 0.717) is 5.75 Å². The van der Waals surface area contributed by atoms with Crippen molar-refractivity contribution >= 4 is 0 Å². The molecule has 2 rings (SSSR count). The molecule has 0 aliphatic heterocycles. The van der Waals surface area contributed by atoms with Gasteiger partial charge >= 0.3 is 0 Å². The Morgan fingerprint density at radius 2 is 1.88 bits per heavy atom. The monoisotopic (exact) mass is 232 g/mol. The van der Waals surface area contributed by atoms with Gasteiger partial charge in [-0.2, -0.15) is 0 Å². The van der Waals surface area contributed by atoms with Crippen LogP contribution >= 0.6 is 0 Å². The summed E-state index contributed by atoms with van der Waals surface area (Å²) < 4.78 is 0. The Balaban J connectivity index is 2.11. The fourth-order valence-electron chi connectivity index (χ4n) is 2.64. The predicted octanol–water partition coefficient (Wildman–Crippen LogP) is 3.04. The van der Waals surface area contributed by atoms with Crippen molar-refractivity contribution in [1.82, 2.24) is 0 Å². The van der Waals surface area contributed by atoms with Crippen LogP contribution in [0, 0.1) is 5.41 Å². The zero-order valence-corrected chi connectivity index (χ0v) is 10.5. The summed E-state index contributed by atoms with van der Waals surface area (Å²) in [5.74, 6) is 0.298. The Labute approximate surface area is 103 Å². The molecule has 2 N–H and O–H groups in total. The number of phenolic OH excluding ortho intramolecular Hbond substituents is 1. The van der Waals surface area contributed by atoms with Gasteiger partial charge in [-0.15, -0.1) is 0 Å². The highest BCUT2D eigenvalue weighted by Gasteiger charge is 2.27. The van der Waals surface area contributed by atoms with Crippen LogP contribution in [0.3, 0.4) is 0 Å². The average Bonchev–Trinajstić information content (AvgIpc) is 2.18. The average molecular weight is 232 g/mol. The zero-order valence-electron chi connectivity index (χ0n) is 10.5. The van der Waals surface area contributed by atoms with E-state index >= 15 is 0 Å². The van der Waals surface area contributed by atoms with Crippen LogP contribution in [0.4, 0.5) is 0 Å². The highest BCUT2D eigenvalue weighted by atomic mass is 16.3. The molecule has 1 unspecified atom stereocenters. The highest BCUT2D eigenvalue weighted by Crippen LogP contribution is 2.36. The minimum absolute atomic E-state index is 0.181. The Morgan fingerprint density at radius 1 is 1.24 bits per heavy atom. The van der Waals surface area contributed by atoms with Gasteiger partial charge in [-0.1, -0.05) is 37.6 Å². The van der Waals surface area contributed by atoms with Gasteiger partial charge in [0.05, 0.1) is 6.10 Å². The molecule has 0 amide bonds. The van der Waals surface area contributed by atoms with E-state index in [1.807, 2.05) is 18.2 Å². The van der Waals surface area contributed by atoms with Crippen molar-refractivity contribution < 1.29 is 10.2 Å². The molecule has 1 aliphatic carbocycles. The van der Waals surface area contributed by atoms with Crippen LogP contribution in [0.1, 0.15) is 32.3 Å². The lowest BCUT2D eigenvalue weighted by Gasteiger charge is -2.32. The first-order valence-electron chi connectivity index (χ1n) is 6.10. The summed E-state index contributed by atoms with van der Waals surface area (Å²) >= 11 is 0. The largest absolute Gasteiger partial charge is 0.508 e. The summed E-state index contributed by atoms with van der Waals surface area (Å²) in [5, 5.41) is 19.1. The predicted molar refractivity (Wildman–Crippen MR) is 68.9 cm³/mol. The number of phenols is 1. The first kappa shape index (κ1) is 12.2. The Hall–Kier alpha value is -1.28. The zero-order chi connectivity index (χ0) is 12.5. The van der Waals surface area contributed by atoms with E-state index in [-0.39, 0.29) is 11.5 Å². The second-order valence-corrected chi connectivity index (χ2v) is 5.78. The molecule has 1 aromatic rings. The molecule has 1 atom stereocenters. The molecule has 0 heterocycles. The van der Waals surface area contributed by atoms with Gasteiger partial charge in [0.2, 0.25) is 0 Å². The van der Waals surface area contributed by atoms with E-state index in [1.165, 1.54) is 11.1 Å². The van der Waals surface area contributed by atoms with E-state index in [4.69, 9.17) is 0 Å². The van der Waals surface area contributed by atoms with Crippen molar-refractivity contribution in [2.75, 3.05) is 0 Å². The standard InChI is InChI=1S/C15H20O2/c1-15(2)9-12(8-14(17)10-15)7-11-3-5-13(16)6-4-11/h3-6,8,14,16-17H,7,9-10H2,1-2H3. The first-order valence-corrected chi connectivity index (χ1v) is 6.10. The minimum Gasteiger partial charge on any atom is -0.508 e. The molecule has 0 bridgehead atoms. The summed E-state index contributed by atoms with van der Waals surface area (Å²) in [4.78, 5) is 0. The molecule has 0 spiro atoms. The second-order valence-electron chi connectivity index (χ2n) is 5.78. The highest BCUT2D eigenvalue weighted by molar-refractivity contribution is 5.30. The lowest BCUT2D eigenvalue weighted by atomic mass is 9.75. The molecule has 2 heteroatoms. The van der Waals surface area contributed by atoms with Gasteiger partial charge < -0.3 is 10.2 Å². The fourth-order valence-corrected chi connectivity index (χ4v) is 2.64. The number of aliphatic hydroxyl groups excluding tert-OH is 1. The topological polar surface area (TPSA) is 40.5 Å². The number of hydrogen-bond donors (Lipinski definition) is 2. The number of rotatable bonds is 2. The third-order valence-corrected chi connectivity index (χ3v) is 3.26. The van der Waals surface area contributed by atoms with E-state index < -0.39 is 0 Å². The SMILES string of the molecule is CC1(C)CC(Cc2ccc(O)cc2)=CC(O)C1. The molecule has 0 saturated heterocycles. The van der Waals surface area contributed by atoms with Gasteiger partial charge in [-0.25, -0.2) is 0 Å². The van der Waals surface area contributed by atoms with E-state index in [1.54, 1.807) is 12.1 Å². The van der Waals surface area contributed by atoms with Crippen LogP contribution in [0.25, 0.3) is 0 Å². The summed E-state index contributed by atoms with van der Waals surface area (Å²) in [6.07, 6.45) is 4.40. The van der Waals surface area contributed by atoms with Crippen molar-refractivity contribution in [3.8, 4) is 5.75 Å². The Morgan fingerprint density at radius 3 is 2.47 bits per heavy atom. The van der Waals surface area contributed by atoms with Crippen LogP contribution in [-0.2, 0) is 6.42 Å². The maximum atomic E-state index is 9.82. The smallest absolute Gasteiger partial charge is 0.115 e. The lowest BCUT2D eigenvalue weighted by molar-refractivity contribution is 0.138. The molecular formula is C15H20O2. The van der Waals surface area contributed by atoms with Crippen LogP contribution < -0.4 is 0 Å². The summed E-state index contributed by atoms with van der Waals surface area (Å²) in [7, 11) is 0. The lowest BCUT2D eigenvalue weighted by Crippen LogP contribution is -2.25. The summed E-state index contributed by atoms with van der Waals surface area (Å²) in [5.41, 5.74) is 2.65. The van der Waals surface area contributed by atoms with Crippen molar-refractivity contribution in [2.24, 2.45) is 5.41 Å². The van der Waals surface area contributed by atoms with Gasteiger partial charge in [-0.05, 0) is 42.4 Å². The van der Waals surface area contributed by atoms with Gasteiger partial charge in [0.1, 0.15) is 5.75 Å². The molecule has 0 saturated carbocycles. The maximum absolute atomic E-state index is 9.82. The van der Waals surface area contributed by atoms with E-state index in [2.05, 4.69) is 13.8 Å². The molecule has 0 aromatic heterocycles. The normalized spacial score (nSPS) is 23.2. The minimum atomic E-state index is -0.314. The third-order valence-electron chi connectivity index (χ3n) is 3.26. The number of allylic oxidation sites excluding steroid dienone is 1. The first-order chi connectivity index (χ1) is 7.94. The van der Waals surface area contributed by atoms with Crippen molar-refractivity contribution in [2.45, 2.75) is 39.2 Å². The molecule has 0 radical (unpaired) electrons. The van der Waals surface area contributed by atoms with Crippen LogP contribution in [0.2, 0.25) is 0 Å². The number of aliphatic hydroxyl groups is 1. The molecule has 17 heavy (non-hydrogen) atoms. The van der Waals surface area contributed by atoms with Crippen molar-refractivity contribution in [3.05, 3.63) is 41.5 Å². The van der Waals surface area contributed by atoms with Gasteiger partial charge in [0.15, 0.2) is 0 Å². The second kappa shape index (κ2) is 4.53. The Bertz CT molecular complexity index is 415. The maximum Gasteiger partial charge on any atom is 0.115 e. The number of hydrogen-bond acceptors (Lipinski definition) is 2. The van der Waals surface area contributed by atoms with Crippen molar-refractivity contribution in [3.63, 3.8) is 0 Å². The number of benzene rings is 1. The quantitative estimate of drug-likeness (QED) is 0.769. The van der Waals surface area contributed by atoms with Crippen LogP contribution in [-0.4, -0.2) is 16.3 Å².